The van der Waals surface area contributed by atoms with Crippen LogP contribution in [0.3, 0.4) is 0 Å². The third-order valence-electron chi connectivity index (χ3n) is 3.50. The second kappa shape index (κ2) is 7.33. The highest BCUT2D eigenvalue weighted by Gasteiger charge is 2.10. The summed E-state index contributed by atoms with van der Waals surface area (Å²) in [5.41, 5.74) is 3.61. The molecule has 6 heteroatoms. The van der Waals surface area contributed by atoms with E-state index in [1.165, 1.54) is 0 Å². The topological polar surface area (TPSA) is 0 Å². The molecule has 122 valence electrons. The molecule has 0 unspecified atom stereocenters. The molecule has 0 amide bonds. The Morgan fingerprint density at radius 3 is 1.08 bits per heavy atom. The fourth-order valence-electron chi connectivity index (χ4n) is 2.32. The van der Waals surface area contributed by atoms with Crippen molar-refractivity contribution in [2.24, 2.45) is 0 Å². The predicted octanol–water partition coefficient (Wildman–Crippen LogP) is 8.94. The first kappa shape index (κ1) is 18.2. The van der Waals surface area contributed by atoms with Gasteiger partial charge in [-0.3, -0.25) is 0 Å². The van der Waals surface area contributed by atoms with E-state index in [1.807, 2.05) is 24.3 Å². The molecule has 3 rings (SSSR count). The maximum Gasteiger partial charge on any atom is 0.0778 e. The van der Waals surface area contributed by atoms with Crippen LogP contribution in [-0.4, -0.2) is 0 Å². The first-order valence-electron chi connectivity index (χ1n) is 6.76. The first-order chi connectivity index (χ1) is 11.4. The highest BCUT2D eigenvalue weighted by molar-refractivity contribution is 6.49. The number of halogens is 6. The fraction of sp³-hybridized carbons (Fsp3) is 0. The molecule has 0 N–H and O–H groups in total. The molecule has 0 heterocycles. The lowest BCUT2D eigenvalue weighted by molar-refractivity contribution is 1.58. The van der Waals surface area contributed by atoms with Gasteiger partial charge in [-0.2, -0.15) is 0 Å². The van der Waals surface area contributed by atoms with Gasteiger partial charge in [-0.1, -0.05) is 87.8 Å². The van der Waals surface area contributed by atoms with Crippen LogP contribution < -0.4 is 0 Å². The van der Waals surface area contributed by atoms with Crippen LogP contribution in [0, 0.1) is 0 Å². The molecule has 0 fully saturated rings. The third-order valence-corrected chi connectivity index (χ3v) is 5.89. The summed E-state index contributed by atoms with van der Waals surface area (Å²) in [6.07, 6.45) is 0. The maximum atomic E-state index is 6.12. The van der Waals surface area contributed by atoms with Gasteiger partial charge < -0.3 is 0 Å². The molecule has 0 saturated heterocycles. The van der Waals surface area contributed by atoms with Gasteiger partial charge in [-0.05, 0) is 52.6 Å². The second-order valence-electron chi connectivity index (χ2n) is 5.09. The van der Waals surface area contributed by atoms with E-state index in [0.717, 1.165) is 22.3 Å². The zero-order valence-electron chi connectivity index (χ0n) is 11.9. The van der Waals surface area contributed by atoms with Crippen LogP contribution in [0.5, 0.6) is 0 Å². The van der Waals surface area contributed by atoms with Gasteiger partial charge in [0.15, 0.2) is 0 Å². The highest BCUT2D eigenvalue weighted by atomic mass is 35.5. The van der Waals surface area contributed by atoms with Crippen molar-refractivity contribution in [3.8, 4) is 22.3 Å². The Labute approximate surface area is 169 Å². The zero-order chi connectivity index (χ0) is 17.4. The van der Waals surface area contributed by atoms with Crippen LogP contribution in [0.15, 0.2) is 48.5 Å². The van der Waals surface area contributed by atoms with Gasteiger partial charge >= 0.3 is 0 Å². The molecule has 0 aromatic heterocycles. The Morgan fingerprint density at radius 1 is 0.417 bits per heavy atom. The predicted molar refractivity (Wildman–Crippen MR) is 107 cm³/mol. The van der Waals surface area contributed by atoms with Crippen molar-refractivity contribution in [1.29, 1.82) is 0 Å². The lowest BCUT2D eigenvalue weighted by Gasteiger charge is -2.10. The molecule has 0 atom stereocenters. The SMILES string of the molecule is Clc1cc(-c2cccc(-c3cc(Cl)c(Cl)c(Cl)c3)c2)cc(Cl)c1Cl. The molecule has 0 aliphatic carbocycles. The van der Waals surface area contributed by atoms with Crippen molar-refractivity contribution in [3.05, 3.63) is 78.7 Å². The lowest BCUT2D eigenvalue weighted by Crippen LogP contribution is -1.84. The molecule has 0 aliphatic heterocycles. The maximum absolute atomic E-state index is 6.12. The van der Waals surface area contributed by atoms with E-state index < -0.39 is 0 Å². The molecule has 3 aromatic rings. The summed E-state index contributed by atoms with van der Waals surface area (Å²) in [6, 6.07) is 14.9. The smallest absolute Gasteiger partial charge is 0.0778 e. The van der Waals surface area contributed by atoms with E-state index in [-0.39, 0.29) is 0 Å². The lowest BCUT2D eigenvalue weighted by atomic mass is 9.99. The third kappa shape index (κ3) is 3.65. The van der Waals surface area contributed by atoms with E-state index in [0.29, 0.717) is 30.1 Å². The number of rotatable bonds is 2. The van der Waals surface area contributed by atoms with Gasteiger partial charge in [0.1, 0.15) is 0 Å². The van der Waals surface area contributed by atoms with Gasteiger partial charge in [0.2, 0.25) is 0 Å². The second-order valence-corrected chi connectivity index (χ2v) is 7.47. The van der Waals surface area contributed by atoms with Gasteiger partial charge in [0.25, 0.3) is 0 Å². The minimum Gasteiger partial charge on any atom is -0.0826 e. The van der Waals surface area contributed by atoms with E-state index in [1.54, 1.807) is 24.3 Å². The minimum absolute atomic E-state index is 0.342. The average Bonchev–Trinajstić information content (AvgIpc) is 2.56. The van der Waals surface area contributed by atoms with E-state index in [4.69, 9.17) is 69.6 Å². The number of hydrogen-bond acceptors (Lipinski definition) is 0. The summed E-state index contributed by atoms with van der Waals surface area (Å²) in [5.74, 6) is 0. The van der Waals surface area contributed by atoms with Crippen LogP contribution in [0.4, 0.5) is 0 Å². The van der Waals surface area contributed by atoms with Crippen molar-refractivity contribution >= 4 is 69.6 Å². The van der Waals surface area contributed by atoms with Crippen LogP contribution in [0.2, 0.25) is 30.1 Å². The molecule has 0 radical (unpaired) electrons. The molecule has 3 aromatic carbocycles. The van der Waals surface area contributed by atoms with E-state index in [2.05, 4.69) is 0 Å². The Balaban J connectivity index is 2.10. The van der Waals surface area contributed by atoms with Crippen molar-refractivity contribution in [1.82, 2.24) is 0 Å². The minimum atomic E-state index is 0.342. The average molecular weight is 437 g/mol. The Bertz CT molecular complexity index is 814. The van der Waals surface area contributed by atoms with Crippen LogP contribution >= 0.6 is 69.6 Å². The van der Waals surface area contributed by atoms with Crippen molar-refractivity contribution in [2.45, 2.75) is 0 Å². The summed E-state index contributed by atoms with van der Waals surface area (Å²) < 4.78 is 0. The van der Waals surface area contributed by atoms with Crippen molar-refractivity contribution in [2.75, 3.05) is 0 Å². The highest BCUT2D eigenvalue weighted by Crippen LogP contribution is 2.38. The summed E-state index contributed by atoms with van der Waals surface area (Å²) in [5, 5.41) is 2.30. The zero-order valence-corrected chi connectivity index (χ0v) is 16.4. The standard InChI is InChI=1S/C18H8Cl6/c19-13-5-11(6-14(20)17(13)23)9-2-1-3-10(4-9)12-7-15(21)18(24)16(22)8-12/h1-8H. The molecule has 0 saturated carbocycles. The summed E-state index contributed by atoms with van der Waals surface area (Å²) in [6.45, 7) is 0. The first-order valence-corrected chi connectivity index (χ1v) is 9.03. The molecular weight excluding hydrogens is 429 g/mol. The molecule has 0 bridgehead atoms. The fourth-order valence-corrected chi connectivity index (χ4v) is 3.52. The normalized spacial score (nSPS) is 10.9. The number of benzene rings is 3. The van der Waals surface area contributed by atoms with Gasteiger partial charge in [0, 0.05) is 0 Å². The molecule has 24 heavy (non-hydrogen) atoms. The Kier molecular flexibility index (Phi) is 5.56. The van der Waals surface area contributed by atoms with E-state index >= 15 is 0 Å². The molecule has 0 nitrogen and oxygen atoms in total. The quantitative estimate of drug-likeness (QED) is 0.351. The van der Waals surface area contributed by atoms with Crippen LogP contribution in [-0.2, 0) is 0 Å². The van der Waals surface area contributed by atoms with Gasteiger partial charge in [0.05, 0.1) is 30.1 Å². The van der Waals surface area contributed by atoms with Crippen LogP contribution in [0.25, 0.3) is 22.3 Å². The Morgan fingerprint density at radius 2 is 0.750 bits per heavy atom. The largest absolute Gasteiger partial charge is 0.0826 e. The molecule has 0 aliphatic rings. The molecule has 0 spiro atoms. The summed E-state index contributed by atoms with van der Waals surface area (Å²) in [7, 11) is 0. The van der Waals surface area contributed by atoms with Crippen molar-refractivity contribution < 1.29 is 0 Å². The number of hydrogen-bond donors (Lipinski definition) is 0. The van der Waals surface area contributed by atoms with Gasteiger partial charge in [-0.25, -0.2) is 0 Å². The van der Waals surface area contributed by atoms with Gasteiger partial charge in [-0.15, -0.1) is 0 Å². The van der Waals surface area contributed by atoms with Crippen LogP contribution in [0.1, 0.15) is 0 Å². The monoisotopic (exact) mass is 434 g/mol. The van der Waals surface area contributed by atoms with E-state index in [9.17, 15) is 0 Å². The summed E-state index contributed by atoms with van der Waals surface area (Å²) >= 11 is 36.5. The Hall–Kier alpha value is -0.600. The van der Waals surface area contributed by atoms with Crippen molar-refractivity contribution in [3.63, 3.8) is 0 Å². The summed E-state index contributed by atoms with van der Waals surface area (Å²) in [4.78, 5) is 0. The molecular formula is C18H8Cl6.